The number of halogens is 1. The SMILES string of the molecule is CC(C)(C)OC(=O)N1CCC[C@H]1C(=O)OCC(=O)c1ccc(Br)s1. The van der Waals surface area contributed by atoms with Crippen molar-refractivity contribution in [3.05, 3.63) is 20.8 Å². The second-order valence-corrected chi connectivity index (χ2v) is 8.93. The number of carbonyl (C=O) groups excluding carboxylic acids is 3. The van der Waals surface area contributed by atoms with Gasteiger partial charge in [0.1, 0.15) is 11.6 Å². The summed E-state index contributed by atoms with van der Waals surface area (Å²) in [5.74, 6) is -0.830. The molecular weight excluding hydrogens is 398 g/mol. The molecule has 0 radical (unpaired) electrons. The van der Waals surface area contributed by atoms with E-state index in [0.717, 1.165) is 3.79 Å². The fourth-order valence-electron chi connectivity index (χ4n) is 2.32. The van der Waals surface area contributed by atoms with Crippen LogP contribution in [-0.4, -0.2) is 47.5 Å². The minimum absolute atomic E-state index is 0.263. The third kappa shape index (κ3) is 5.04. The van der Waals surface area contributed by atoms with Gasteiger partial charge in [0.15, 0.2) is 6.61 Å². The van der Waals surface area contributed by atoms with Crippen LogP contribution in [0.25, 0.3) is 0 Å². The number of Topliss-reactive ketones (excluding diaryl/α,β-unsaturated/α-hetero) is 1. The summed E-state index contributed by atoms with van der Waals surface area (Å²) in [6, 6.07) is 2.75. The molecule has 1 aliphatic rings. The number of ether oxygens (including phenoxy) is 2. The summed E-state index contributed by atoms with van der Waals surface area (Å²) in [6.07, 6.45) is 0.678. The molecule has 0 aliphatic carbocycles. The lowest BCUT2D eigenvalue weighted by atomic mass is 10.2. The van der Waals surface area contributed by atoms with Crippen LogP contribution in [0.1, 0.15) is 43.3 Å². The van der Waals surface area contributed by atoms with Crippen LogP contribution in [0.15, 0.2) is 15.9 Å². The Hall–Kier alpha value is -1.41. The number of esters is 1. The Morgan fingerprint density at radius 3 is 2.62 bits per heavy atom. The average Bonchev–Trinajstić information content (AvgIpc) is 3.11. The predicted octanol–water partition coefficient (Wildman–Crippen LogP) is 3.64. The highest BCUT2D eigenvalue weighted by Crippen LogP contribution is 2.24. The molecule has 1 atom stereocenters. The number of hydrogen-bond acceptors (Lipinski definition) is 6. The summed E-state index contributed by atoms with van der Waals surface area (Å²) < 4.78 is 11.3. The Bertz CT molecular complexity index is 637. The van der Waals surface area contributed by atoms with Crippen molar-refractivity contribution in [1.29, 1.82) is 0 Å². The summed E-state index contributed by atoms with van der Waals surface area (Å²) in [4.78, 5) is 38.3. The molecule has 2 rings (SSSR count). The molecule has 1 aromatic heterocycles. The molecule has 0 spiro atoms. The Labute approximate surface area is 153 Å². The van der Waals surface area contributed by atoms with E-state index >= 15 is 0 Å². The van der Waals surface area contributed by atoms with Gasteiger partial charge in [0.05, 0.1) is 8.66 Å². The standard InChI is InChI=1S/C16H20BrNO5S/c1-16(2,3)23-15(21)18-8-4-5-10(18)14(20)22-9-11(19)12-6-7-13(17)24-12/h6-7,10H,4-5,8-9H2,1-3H3/t10-/m0/s1. The van der Waals surface area contributed by atoms with E-state index in [4.69, 9.17) is 9.47 Å². The molecule has 8 heteroatoms. The van der Waals surface area contributed by atoms with Gasteiger partial charge in [0.25, 0.3) is 0 Å². The van der Waals surface area contributed by atoms with Gasteiger partial charge in [0, 0.05) is 6.54 Å². The minimum atomic E-state index is -0.692. The first-order valence-electron chi connectivity index (χ1n) is 7.62. The van der Waals surface area contributed by atoms with Crippen LogP contribution < -0.4 is 0 Å². The average molecular weight is 418 g/mol. The van der Waals surface area contributed by atoms with E-state index in [1.54, 1.807) is 32.9 Å². The van der Waals surface area contributed by atoms with Crippen LogP contribution in [0.5, 0.6) is 0 Å². The zero-order valence-electron chi connectivity index (χ0n) is 13.8. The number of rotatable bonds is 4. The number of hydrogen-bond donors (Lipinski definition) is 0. The molecule has 6 nitrogen and oxygen atoms in total. The molecule has 0 unspecified atom stereocenters. The lowest BCUT2D eigenvalue weighted by Gasteiger charge is -2.27. The maximum atomic E-state index is 12.2. The van der Waals surface area contributed by atoms with Crippen LogP contribution in [-0.2, 0) is 14.3 Å². The van der Waals surface area contributed by atoms with E-state index in [2.05, 4.69) is 15.9 Å². The zero-order valence-corrected chi connectivity index (χ0v) is 16.2. The number of ketones is 1. The van der Waals surface area contributed by atoms with E-state index in [-0.39, 0.29) is 12.4 Å². The molecule has 1 fully saturated rings. The summed E-state index contributed by atoms with van der Waals surface area (Å²) in [5, 5.41) is 0. The van der Waals surface area contributed by atoms with E-state index in [1.807, 2.05) is 0 Å². The maximum absolute atomic E-state index is 12.2. The van der Waals surface area contributed by atoms with Crippen LogP contribution in [0.3, 0.4) is 0 Å². The first kappa shape index (κ1) is 18.9. The van der Waals surface area contributed by atoms with E-state index in [1.165, 1.54) is 16.2 Å². The molecule has 1 amide bonds. The fourth-order valence-corrected chi connectivity index (χ4v) is 3.63. The van der Waals surface area contributed by atoms with Gasteiger partial charge in [-0.3, -0.25) is 9.69 Å². The molecule has 132 valence electrons. The quantitative estimate of drug-likeness (QED) is 0.552. The number of likely N-dealkylation sites (tertiary alicyclic amines) is 1. The second-order valence-electron chi connectivity index (χ2n) is 6.47. The minimum Gasteiger partial charge on any atom is -0.456 e. The van der Waals surface area contributed by atoms with Gasteiger partial charge in [-0.25, -0.2) is 9.59 Å². The molecule has 24 heavy (non-hydrogen) atoms. The van der Waals surface area contributed by atoms with Crippen molar-refractivity contribution < 1.29 is 23.9 Å². The van der Waals surface area contributed by atoms with Crippen LogP contribution >= 0.6 is 27.3 Å². The number of nitrogens with zero attached hydrogens (tertiary/aromatic N) is 1. The Kier molecular flexibility index (Phi) is 6.03. The third-order valence-electron chi connectivity index (χ3n) is 3.35. The van der Waals surface area contributed by atoms with Crippen LogP contribution in [0.4, 0.5) is 4.79 Å². The zero-order chi connectivity index (χ0) is 17.9. The first-order valence-corrected chi connectivity index (χ1v) is 9.23. The predicted molar refractivity (Wildman–Crippen MR) is 93.3 cm³/mol. The smallest absolute Gasteiger partial charge is 0.411 e. The molecule has 2 heterocycles. The van der Waals surface area contributed by atoms with Gasteiger partial charge in [-0.2, -0.15) is 0 Å². The summed E-state index contributed by atoms with van der Waals surface area (Å²) in [6.45, 7) is 5.43. The third-order valence-corrected chi connectivity index (χ3v) is 5.01. The number of thiophene rings is 1. The van der Waals surface area contributed by atoms with Gasteiger partial charge >= 0.3 is 12.1 Å². The van der Waals surface area contributed by atoms with Crippen LogP contribution in [0.2, 0.25) is 0 Å². The summed E-state index contributed by atoms with van der Waals surface area (Å²) in [5.41, 5.74) is -0.628. The molecule has 0 bridgehead atoms. The van der Waals surface area contributed by atoms with Crippen molar-refractivity contribution in [2.75, 3.05) is 13.2 Å². The van der Waals surface area contributed by atoms with E-state index in [9.17, 15) is 14.4 Å². The summed E-state index contributed by atoms with van der Waals surface area (Å²) in [7, 11) is 0. The van der Waals surface area contributed by atoms with Crippen molar-refractivity contribution in [1.82, 2.24) is 4.90 Å². The normalized spacial score (nSPS) is 17.7. The highest BCUT2D eigenvalue weighted by Gasteiger charge is 2.37. The maximum Gasteiger partial charge on any atom is 0.411 e. The number of amides is 1. The Morgan fingerprint density at radius 2 is 2.04 bits per heavy atom. The van der Waals surface area contributed by atoms with E-state index < -0.39 is 23.7 Å². The van der Waals surface area contributed by atoms with Crippen LogP contribution in [0, 0.1) is 0 Å². The van der Waals surface area contributed by atoms with Crippen molar-refractivity contribution in [3.63, 3.8) is 0 Å². The lowest BCUT2D eigenvalue weighted by molar-refractivity contribution is -0.147. The van der Waals surface area contributed by atoms with Crippen molar-refractivity contribution in [2.24, 2.45) is 0 Å². The molecule has 1 aromatic rings. The molecule has 1 aliphatic heterocycles. The van der Waals surface area contributed by atoms with Crippen molar-refractivity contribution in [2.45, 2.75) is 45.3 Å². The molecule has 0 N–H and O–H groups in total. The first-order chi connectivity index (χ1) is 11.2. The summed E-state index contributed by atoms with van der Waals surface area (Å²) >= 11 is 4.57. The molecule has 1 saturated heterocycles. The van der Waals surface area contributed by atoms with Gasteiger partial charge < -0.3 is 9.47 Å². The largest absolute Gasteiger partial charge is 0.456 e. The van der Waals surface area contributed by atoms with Gasteiger partial charge in [0.2, 0.25) is 5.78 Å². The highest BCUT2D eigenvalue weighted by atomic mass is 79.9. The van der Waals surface area contributed by atoms with E-state index in [0.29, 0.717) is 24.3 Å². The molecule has 0 aromatic carbocycles. The Morgan fingerprint density at radius 1 is 1.33 bits per heavy atom. The van der Waals surface area contributed by atoms with Gasteiger partial charge in [-0.1, -0.05) is 0 Å². The molecule has 0 saturated carbocycles. The van der Waals surface area contributed by atoms with Gasteiger partial charge in [-0.15, -0.1) is 11.3 Å². The van der Waals surface area contributed by atoms with Crippen molar-refractivity contribution in [3.8, 4) is 0 Å². The number of carbonyl (C=O) groups is 3. The second kappa shape index (κ2) is 7.65. The highest BCUT2D eigenvalue weighted by molar-refractivity contribution is 9.11. The van der Waals surface area contributed by atoms with Gasteiger partial charge in [-0.05, 0) is 61.7 Å². The Balaban J connectivity index is 1.91. The topological polar surface area (TPSA) is 72.9 Å². The van der Waals surface area contributed by atoms with Crippen molar-refractivity contribution >= 4 is 45.1 Å². The monoisotopic (exact) mass is 417 g/mol. The lowest BCUT2D eigenvalue weighted by Crippen LogP contribution is -2.44. The fraction of sp³-hybridized carbons (Fsp3) is 0.562. The molecular formula is C16H20BrNO5S.